The summed E-state index contributed by atoms with van der Waals surface area (Å²) in [6.45, 7) is 5.71. The van der Waals surface area contributed by atoms with Crippen molar-refractivity contribution in [1.82, 2.24) is 19.5 Å². The van der Waals surface area contributed by atoms with Crippen molar-refractivity contribution in [3.8, 4) is 5.69 Å². The number of fused-ring (bicyclic) bond motifs is 1. The van der Waals surface area contributed by atoms with Crippen molar-refractivity contribution < 1.29 is 4.39 Å². The van der Waals surface area contributed by atoms with Gasteiger partial charge in [-0.25, -0.2) is 18.7 Å². The number of thioether (sulfide) groups is 1. The van der Waals surface area contributed by atoms with Crippen molar-refractivity contribution in [2.75, 3.05) is 6.26 Å². The van der Waals surface area contributed by atoms with Gasteiger partial charge in [-0.15, -0.1) is 11.8 Å². The number of rotatable bonds is 3. The summed E-state index contributed by atoms with van der Waals surface area (Å²) in [6, 6.07) is 1.76. The molecule has 3 rings (SSSR count). The van der Waals surface area contributed by atoms with Gasteiger partial charge in [0.2, 0.25) is 0 Å². The number of hydrogen-bond acceptors (Lipinski definition) is 5. The fraction of sp³-hybridized carbons (Fsp3) is 0.294. The summed E-state index contributed by atoms with van der Waals surface area (Å²) in [5.41, 5.74) is 0.563. The Morgan fingerprint density at radius 3 is 2.65 bits per heavy atom. The van der Waals surface area contributed by atoms with E-state index in [4.69, 9.17) is 11.6 Å². The molecule has 0 radical (unpaired) electrons. The predicted molar refractivity (Wildman–Crippen MR) is 101 cm³/mol. The summed E-state index contributed by atoms with van der Waals surface area (Å²) in [5.74, 6) is -0.774. The number of nitrogens with one attached hydrogen (secondary N) is 1. The lowest BCUT2D eigenvalue weighted by atomic mass is 10.0. The average molecular weight is 395 g/mol. The minimum Gasteiger partial charge on any atom is -0.273 e. The van der Waals surface area contributed by atoms with Crippen LogP contribution in [0.2, 0.25) is 5.15 Å². The van der Waals surface area contributed by atoms with Gasteiger partial charge in [-0.3, -0.25) is 14.8 Å². The van der Waals surface area contributed by atoms with Crippen molar-refractivity contribution >= 4 is 34.4 Å². The molecule has 0 aromatic carbocycles. The van der Waals surface area contributed by atoms with Crippen LogP contribution in [0.4, 0.5) is 4.39 Å². The first-order valence-electron chi connectivity index (χ1n) is 7.81. The molecule has 0 aliphatic carbocycles. The number of nitrogens with zero attached hydrogens (tertiary/aromatic N) is 3. The second kappa shape index (κ2) is 6.85. The first-order valence-corrected chi connectivity index (χ1v) is 9.42. The van der Waals surface area contributed by atoms with Gasteiger partial charge in [-0.1, -0.05) is 25.4 Å². The van der Waals surface area contributed by atoms with Crippen LogP contribution in [0.1, 0.15) is 31.0 Å². The molecule has 0 unspecified atom stereocenters. The monoisotopic (exact) mass is 394 g/mol. The first kappa shape index (κ1) is 18.6. The Hall–Kier alpha value is -2.19. The van der Waals surface area contributed by atoms with E-state index in [0.29, 0.717) is 11.4 Å². The van der Waals surface area contributed by atoms with Crippen molar-refractivity contribution in [3.05, 3.63) is 55.3 Å². The quantitative estimate of drug-likeness (QED) is 0.543. The van der Waals surface area contributed by atoms with Crippen LogP contribution in [-0.2, 0) is 0 Å². The Labute approximate surface area is 157 Å². The Morgan fingerprint density at radius 1 is 1.35 bits per heavy atom. The Kier molecular flexibility index (Phi) is 4.90. The molecule has 0 bridgehead atoms. The molecular formula is C17H16ClFN4O2S. The summed E-state index contributed by atoms with van der Waals surface area (Å²) >= 11 is 6.96. The Balaban J connectivity index is 2.61. The van der Waals surface area contributed by atoms with Crippen LogP contribution in [0.15, 0.2) is 26.7 Å². The first-order chi connectivity index (χ1) is 12.3. The molecule has 0 atom stereocenters. The molecule has 0 spiro atoms. The molecule has 0 saturated heterocycles. The van der Waals surface area contributed by atoms with Gasteiger partial charge in [-0.05, 0) is 30.7 Å². The molecule has 0 fully saturated rings. The molecule has 3 heterocycles. The summed E-state index contributed by atoms with van der Waals surface area (Å²) in [6.07, 6.45) is 3.28. The molecule has 0 aliphatic rings. The maximum atomic E-state index is 14.4. The van der Waals surface area contributed by atoms with Crippen LogP contribution >= 0.6 is 23.4 Å². The Morgan fingerprint density at radius 2 is 2.04 bits per heavy atom. The van der Waals surface area contributed by atoms with E-state index in [9.17, 15) is 14.0 Å². The molecule has 136 valence electrons. The van der Waals surface area contributed by atoms with E-state index in [1.807, 2.05) is 20.8 Å². The minimum atomic E-state index is -0.783. The summed E-state index contributed by atoms with van der Waals surface area (Å²) in [7, 11) is 0. The van der Waals surface area contributed by atoms with E-state index in [0.717, 1.165) is 17.3 Å². The molecule has 3 aromatic heterocycles. The van der Waals surface area contributed by atoms with E-state index >= 15 is 0 Å². The third kappa shape index (κ3) is 2.83. The van der Waals surface area contributed by atoms with Gasteiger partial charge < -0.3 is 0 Å². The zero-order chi connectivity index (χ0) is 19.2. The number of aromatic nitrogens is 4. The van der Waals surface area contributed by atoms with Crippen molar-refractivity contribution in [2.24, 2.45) is 0 Å². The lowest BCUT2D eigenvalue weighted by molar-refractivity contribution is 0.599. The van der Waals surface area contributed by atoms with Gasteiger partial charge >= 0.3 is 5.69 Å². The summed E-state index contributed by atoms with van der Waals surface area (Å²) < 4.78 is 15.6. The molecule has 1 N–H and O–H groups in total. The Bertz CT molecular complexity index is 1140. The minimum absolute atomic E-state index is 0.00694. The van der Waals surface area contributed by atoms with E-state index in [-0.39, 0.29) is 21.8 Å². The lowest BCUT2D eigenvalue weighted by Crippen LogP contribution is -2.31. The predicted octanol–water partition coefficient (Wildman–Crippen LogP) is 3.42. The van der Waals surface area contributed by atoms with Crippen LogP contribution in [0.25, 0.3) is 16.7 Å². The number of halogens is 2. The molecule has 6 nitrogen and oxygen atoms in total. The molecule has 0 aliphatic heterocycles. The molecule has 0 amide bonds. The van der Waals surface area contributed by atoms with Gasteiger partial charge in [0.15, 0.2) is 16.6 Å². The number of H-pyrrole nitrogens is 1. The van der Waals surface area contributed by atoms with E-state index in [1.165, 1.54) is 4.57 Å². The van der Waals surface area contributed by atoms with E-state index in [1.54, 1.807) is 18.5 Å². The SMILES string of the molecule is CSc1c(F)c(Cl)nc2c1c(=O)[nH]c(=O)n2-c1c(C)ccnc1C(C)C. The second-order valence-corrected chi connectivity index (χ2v) is 7.23. The van der Waals surface area contributed by atoms with Gasteiger partial charge in [-0.2, -0.15) is 0 Å². The third-order valence-electron chi connectivity index (χ3n) is 4.03. The maximum Gasteiger partial charge on any atom is 0.334 e. The topological polar surface area (TPSA) is 80.6 Å². The normalized spacial score (nSPS) is 11.5. The zero-order valence-corrected chi connectivity index (χ0v) is 16.1. The van der Waals surface area contributed by atoms with Crippen LogP contribution in [-0.4, -0.2) is 25.8 Å². The maximum absolute atomic E-state index is 14.4. The molecule has 0 saturated carbocycles. The number of aryl methyl sites for hydroxylation is 1. The zero-order valence-electron chi connectivity index (χ0n) is 14.6. The van der Waals surface area contributed by atoms with Crippen LogP contribution in [0, 0.1) is 12.7 Å². The number of aromatic amines is 1. The molecule has 26 heavy (non-hydrogen) atoms. The smallest absolute Gasteiger partial charge is 0.273 e. The van der Waals surface area contributed by atoms with E-state index < -0.39 is 22.2 Å². The number of hydrogen-bond donors (Lipinski definition) is 1. The van der Waals surface area contributed by atoms with Crippen LogP contribution in [0.5, 0.6) is 0 Å². The lowest BCUT2D eigenvalue weighted by Gasteiger charge is -2.18. The van der Waals surface area contributed by atoms with Crippen molar-refractivity contribution in [2.45, 2.75) is 31.6 Å². The van der Waals surface area contributed by atoms with Crippen molar-refractivity contribution in [3.63, 3.8) is 0 Å². The van der Waals surface area contributed by atoms with Gasteiger partial charge in [0.25, 0.3) is 5.56 Å². The molecular weight excluding hydrogens is 379 g/mol. The van der Waals surface area contributed by atoms with Gasteiger partial charge in [0, 0.05) is 6.20 Å². The summed E-state index contributed by atoms with van der Waals surface area (Å²) in [5, 5.41) is -0.412. The largest absolute Gasteiger partial charge is 0.334 e. The van der Waals surface area contributed by atoms with Crippen LogP contribution < -0.4 is 11.2 Å². The standard InChI is InChI=1S/C17H16ClFN4O2S/c1-7(2)11-12(8(3)5-6-20-11)23-15-9(16(24)22-17(23)25)13(26-4)10(19)14(18)21-15/h5-7H,1-4H3,(H,22,24,25). The highest BCUT2D eigenvalue weighted by Crippen LogP contribution is 2.31. The summed E-state index contributed by atoms with van der Waals surface area (Å²) in [4.78, 5) is 35.7. The molecule has 3 aromatic rings. The van der Waals surface area contributed by atoms with Crippen molar-refractivity contribution in [1.29, 1.82) is 0 Å². The highest BCUT2D eigenvalue weighted by molar-refractivity contribution is 7.98. The van der Waals surface area contributed by atoms with Gasteiger partial charge in [0.05, 0.1) is 21.7 Å². The fourth-order valence-corrected chi connectivity index (χ4v) is 3.76. The average Bonchev–Trinajstić information content (AvgIpc) is 2.57. The second-order valence-electron chi connectivity index (χ2n) is 6.06. The highest BCUT2D eigenvalue weighted by atomic mass is 35.5. The van der Waals surface area contributed by atoms with E-state index in [2.05, 4.69) is 15.0 Å². The third-order valence-corrected chi connectivity index (χ3v) is 5.07. The number of pyridine rings is 2. The molecule has 9 heteroatoms. The highest BCUT2D eigenvalue weighted by Gasteiger charge is 2.23. The fourth-order valence-electron chi connectivity index (χ4n) is 2.87. The van der Waals surface area contributed by atoms with Crippen LogP contribution in [0.3, 0.4) is 0 Å². The van der Waals surface area contributed by atoms with Gasteiger partial charge in [0.1, 0.15) is 0 Å².